The number of hydrogen-bond acceptors (Lipinski definition) is 6. The normalized spacial score (nSPS) is 10.6. The van der Waals surface area contributed by atoms with Crippen molar-refractivity contribution in [3.8, 4) is 0 Å². The molecule has 0 rings (SSSR count). The maximum atomic E-state index is 11.3. The van der Waals surface area contributed by atoms with E-state index in [9.17, 15) is 9.59 Å². The van der Waals surface area contributed by atoms with E-state index in [0.29, 0.717) is 65.8 Å². The Bertz CT molecular complexity index is 298. The van der Waals surface area contributed by atoms with Gasteiger partial charge < -0.3 is 29.6 Å². The summed E-state index contributed by atoms with van der Waals surface area (Å²) in [6.45, 7) is 8.33. The van der Waals surface area contributed by atoms with Gasteiger partial charge in [0.1, 0.15) is 6.61 Å². The molecule has 0 atom stereocenters. The Morgan fingerprint density at radius 1 is 0.720 bits per heavy atom. The molecule has 2 N–H and O–H groups in total. The Kier molecular flexibility index (Phi) is 18.2. The minimum Gasteiger partial charge on any atom is -0.377 e. The maximum absolute atomic E-state index is 11.3. The highest BCUT2D eigenvalue weighted by molar-refractivity contribution is 5.77. The van der Waals surface area contributed by atoms with Gasteiger partial charge in [0.15, 0.2) is 0 Å². The van der Waals surface area contributed by atoms with E-state index in [1.165, 1.54) is 0 Å². The molecule has 148 valence electrons. The van der Waals surface area contributed by atoms with E-state index < -0.39 is 0 Å². The summed E-state index contributed by atoms with van der Waals surface area (Å²) in [5, 5.41) is 5.49. The van der Waals surface area contributed by atoms with Crippen molar-refractivity contribution in [2.45, 2.75) is 33.1 Å². The van der Waals surface area contributed by atoms with E-state index in [1.54, 1.807) is 0 Å². The Balaban J connectivity index is 3.14. The average molecular weight is 362 g/mol. The van der Waals surface area contributed by atoms with Crippen LogP contribution in [0.4, 0.5) is 0 Å². The molecule has 0 saturated heterocycles. The highest BCUT2D eigenvalue weighted by atomic mass is 16.5. The molecule has 0 spiro atoms. The van der Waals surface area contributed by atoms with E-state index in [1.807, 2.05) is 6.92 Å². The first kappa shape index (κ1) is 23.8. The van der Waals surface area contributed by atoms with Crippen LogP contribution < -0.4 is 10.6 Å². The molecule has 0 aromatic rings. The molecule has 0 aliphatic rings. The van der Waals surface area contributed by atoms with Crippen molar-refractivity contribution < 1.29 is 28.5 Å². The van der Waals surface area contributed by atoms with Crippen LogP contribution in [0.2, 0.25) is 0 Å². The average Bonchev–Trinajstić information content (AvgIpc) is 2.61. The Morgan fingerprint density at radius 3 is 1.76 bits per heavy atom. The Hall–Kier alpha value is -1.22. The van der Waals surface area contributed by atoms with Crippen LogP contribution in [0, 0.1) is 0 Å². The second kappa shape index (κ2) is 19.1. The van der Waals surface area contributed by atoms with Gasteiger partial charge in [-0.05, 0) is 13.3 Å². The van der Waals surface area contributed by atoms with Crippen LogP contribution >= 0.6 is 0 Å². The van der Waals surface area contributed by atoms with E-state index in [0.717, 1.165) is 12.8 Å². The number of carbonyl (C=O) groups excluding carboxylic acids is 2. The molecule has 0 radical (unpaired) electrons. The third-order valence-corrected chi connectivity index (χ3v) is 3.08. The van der Waals surface area contributed by atoms with Crippen molar-refractivity contribution in [1.82, 2.24) is 10.6 Å². The van der Waals surface area contributed by atoms with Gasteiger partial charge >= 0.3 is 0 Å². The summed E-state index contributed by atoms with van der Waals surface area (Å²) >= 11 is 0. The minimum atomic E-state index is -0.139. The largest absolute Gasteiger partial charge is 0.377 e. The molecule has 0 bridgehead atoms. The van der Waals surface area contributed by atoms with Crippen molar-refractivity contribution in [1.29, 1.82) is 0 Å². The van der Waals surface area contributed by atoms with Crippen LogP contribution in [0.15, 0.2) is 0 Å². The molecule has 0 heterocycles. The fraction of sp³-hybridized carbons (Fsp3) is 0.882. The molecule has 0 aliphatic heterocycles. The highest BCUT2D eigenvalue weighted by Crippen LogP contribution is 1.92. The summed E-state index contributed by atoms with van der Waals surface area (Å²) in [5.74, 6) is -0.0617. The Morgan fingerprint density at radius 2 is 1.24 bits per heavy atom. The van der Waals surface area contributed by atoms with Crippen molar-refractivity contribution in [2.75, 3.05) is 65.9 Å². The minimum absolute atomic E-state index is 0.0768. The molecule has 0 saturated carbocycles. The lowest BCUT2D eigenvalue weighted by atomic mass is 10.2. The van der Waals surface area contributed by atoms with Gasteiger partial charge in [-0.2, -0.15) is 0 Å². The van der Waals surface area contributed by atoms with Crippen LogP contribution in [-0.2, 0) is 28.5 Å². The van der Waals surface area contributed by atoms with Gasteiger partial charge in [0.05, 0.1) is 39.6 Å². The lowest BCUT2D eigenvalue weighted by Crippen LogP contribution is -2.30. The molecule has 0 aromatic carbocycles. The lowest BCUT2D eigenvalue weighted by molar-refractivity contribution is -0.125. The molecule has 0 fully saturated rings. The zero-order chi connectivity index (χ0) is 18.6. The molecule has 25 heavy (non-hydrogen) atoms. The fourth-order valence-corrected chi connectivity index (χ4v) is 1.74. The number of amides is 2. The maximum Gasteiger partial charge on any atom is 0.246 e. The molecule has 0 aromatic heterocycles. The smallest absolute Gasteiger partial charge is 0.246 e. The number of nitrogens with one attached hydrogen (secondary N) is 2. The van der Waals surface area contributed by atoms with Gasteiger partial charge in [-0.25, -0.2) is 0 Å². The van der Waals surface area contributed by atoms with Crippen LogP contribution in [0.1, 0.15) is 33.1 Å². The molecular weight excluding hydrogens is 328 g/mol. The highest BCUT2D eigenvalue weighted by Gasteiger charge is 2.00. The summed E-state index contributed by atoms with van der Waals surface area (Å²) in [6, 6.07) is 0. The summed E-state index contributed by atoms with van der Waals surface area (Å²) in [4.78, 5) is 22.5. The summed E-state index contributed by atoms with van der Waals surface area (Å²) < 4.78 is 21.0. The zero-order valence-corrected chi connectivity index (χ0v) is 15.6. The fourth-order valence-electron chi connectivity index (χ4n) is 1.74. The van der Waals surface area contributed by atoms with Crippen LogP contribution in [0.25, 0.3) is 0 Å². The summed E-state index contributed by atoms with van der Waals surface area (Å²) in [5.41, 5.74) is 0. The molecule has 2 amide bonds. The topological polar surface area (TPSA) is 95.1 Å². The van der Waals surface area contributed by atoms with Crippen molar-refractivity contribution in [3.05, 3.63) is 0 Å². The van der Waals surface area contributed by atoms with Gasteiger partial charge in [0, 0.05) is 26.1 Å². The standard InChI is InChI=1S/C17H34N2O6/c1-3-5-6-16(20)18-7-9-23-11-13-25-14-12-24-10-8-19-17(21)15-22-4-2/h3-15H2,1-2H3,(H,18,20)(H,19,21). The number of rotatable bonds is 18. The number of unbranched alkanes of at least 4 members (excludes halogenated alkanes) is 1. The SMILES string of the molecule is CCCCC(=O)NCCOCCOCCOCCNC(=O)COCC. The van der Waals surface area contributed by atoms with E-state index in [-0.39, 0.29) is 18.4 Å². The summed E-state index contributed by atoms with van der Waals surface area (Å²) in [7, 11) is 0. The van der Waals surface area contributed by atoms with Gasteiger partial charge in [0.2, 0.25) is 11.8 Å². The first-order chi connectivity index (χ1) is 12.2. The Labute approximate surface area is 150 Å². The van der Waals surface area contributed by atoms with Crippen molar-refractivity contribution in [3.63, 3.8) is 0 Å². The van der Waals surface area contributed by atoms with Crippen LogP contribution in [0.3, 0.4) is 0 Å². The molecule has 0 unspecified atom stereocenters. The van der Waals surface area contributed by atoms with E-state index in [2.05, 4.69) is 17.6 Å². The monoisotopic (exact) mass is 362 g/mol. The summed E-state index contributed by atoms with van der Waals surface area (Å²) in [6.07, 6.45) is 2.52. The number of carbonyl (C=O) groups is 2. The van der Waals surface area contributed by atoms with E-state index in [4.69, 9.17) is 18.9 Å². The van der Waals surface area contributed by atoms with Crippen molar-refractivity contribution in [2.24, 2.45) is 0 Å². The zero-order valence-electron chi connectivity index (χ0n) is 15.6. The van der Waals surface area contributed by atoms with E-state index >= 15 is 0 Å². The first-order valence-corrected chi connectivity index (χ1v) is 9.05. The lowest BCUT2D eigenvalue weighted by Gasteiger charge is -2.08. The predicted molar refractivity (Wildman–Crippen MR) is 94.5 cm³/mol. The van der Waals surface area contributed by atoms with Gasteiger partial charge in [-0.1, -0.05) is 13.3 Å². The number of hydrogen-bond donors (Lipinski definition) is 2. The molecular formula is C17H34N2O6. The predicted octanol–water partition coefficient (Wildman–Crippen LogP) is 0.495. The first-order valence-electron chi connectivity index (χ1n) is 9.05. The molecule has 0 aliphatic carbocycles. The van der Waals surface area contributed by atoms with Crippen LogP contribution in [0.5, 0.6) is 0 Å². The third-order valence-electron chi connectivity index (χ3n) is 3.08. The third kappa shape index (κ3) is 19.0. The van der Waals surface area contributed by atoms with Crippen LogP contribution in [-0.4, -0.2) is 77.8 Å². The molecule has 8 heteroatoms. The van der Waals surface area contributed by atoms with Gasteiger partial charge in [-0.3, -0.25) is 9.59 Å². The second-order valence-electron chi connectivity index (χ2n) is 5.28. The molecule has 8 nitrogen and oxygen atoms in total. The van der Waals surface area contributed by atoms with Crippen molar-refractivity contribution >= 4 is 11.8 Å². The second-order valence-corrected chi connectivity index (χ2v) is 5.28. The van der Waals surface area contributed by atoms with Gasteiger partial charge in [0.25, 0.3) is 0 Å². The quantitative estimate of drug-likeness (QED) is 0.345. The van der Waals surface area contributed by atoms with Gasteiger partial charge in [-0.15, -0.1) is 0 Å². The number of ether oxygens (including phenoxy) is 4.